The molecule has 0 atom stereocenters. The quantitative estimate of drug-likeness (QED) is 0.110. The highest BCUT2D eigenvalue weighted by atomic mass is 32.2. The lowest BCUT2D eigenvalue weighted by molar-refractivity contribution is -0.137. The Morgan fingerprint density at radius 2 is 1.32 bits per heavy atom. The number of rotatable bonds is 10. The van der Waals surface area contributed by atoms with Gasteiger partial charge in [-0.3, -0.25) is 4.99 Å². The fourth-order valence-corrected chi connectivity index (χ4v) is 6.25. The van der Waals surface area contributed by atoms with Gasteiger partial charge in [-0.1, -0.05) is 78.4 Å². The maximum Gasteiger partial charge on any atom is 0.416 e. The molecule has 0 radical (unpaired) electrons. The third-order valence-corrected chi connectivity index (χ3v) is 8.72. The van der Waals surface area contributed by atoms with Crippen LogP contribution in [0.2, 0.25) is 0 Å². The summed E-state index contributed by atoms with van der Waals surface area (Å²) in [6, 6.07) is 30.3. The molecule has 4 aromatic rings. The highest BCUT2D eigenvalue weighted by Crippen LogP contribution is 2.35. The van der Waals surface area contributed by atoms with E-state index in [4.69, 9.17) is 4.99 Å². The van der Waals surface area contributed by atoms with E-state index in [1.54, 1.807) is 23.5 Å². The molecule has 0 aliphatic carbocycles. The van der Waals surface area contributed by atoms with Crippen LogP contribution < -0.4 is 0 Å². The molecule has 1 nitrogen and oxygen atoms in total. The second-order valence-electron chi connectivity index (χ2n) is 8.81. The van der Waals surface area contributed by atoms with Crippen molar-refractivity contribution in [3.05, 3.63) is 137 Å². The maximum atomic E-state index is 15.2. The van der Waals surface area contributed by atoms with Crippen molar-refractivity contribution < 1.29 is 17.6 Å². The fourth-order valence-electron chi connectivity index (χ4n) is 3.77. The standard InChI is InChI=1S/C31H27F4NS2/c1-22-12-15-26(16-13-22)36-29(27-17-14-25(18-28(27)32)31(33,34)35)19-30(37-20-23-8-4-2-5-9-23)38-21-24-10-6-3-7-11-24/h2-18,30H,19-21H2,1H3. The van der Waals surface area contributed by atoms with Crippen molar-refractivity contribution in [2.45, 2.75) is 35.6 Å². The second kappa shape index (κ2) is 13.2. The summed E-state index contributed by atoms with van der Waals surface area (Å²) in [6.45, 7) is 1.96. The Labute approximate surface area is 229 Å². The van der Waals surface area contributed by atoms with E-state index in [-0.39, 0.29) is 10.1 Å². The molecular formula is C31H27F4NS2. The predicted octanol–water partition coefficient (Wildman–Crippen LogP) is 9.86. The molecule has 0 unspecified atom stereocenters. The zero-order valence-electron chi connectivity index (χ0n) is 20.8. The zero-order chi connectivity index (χ0) is 27.0. The molecule has 0 aromatic heterocycles. The van der Waals surface area contributed by atoms with E-state index in [2.05, 4.69) is 24.3 Å². The Hall–Kier alpha value is -3.03. The van der Waals surface area contributed by atoms with Gasteiger partial charge in [-0.05, 0) is 48.4 Å². The van der Waals surface area contributed by atoms with E-state index in [1.165, 1.54) is 17.2 Å². The van der Waals surface area contributed by atoms with Gasteiger partial charge in [-0.15, -0.1) is 23.5 Å². The van der Waals surface area contributed by atoms with Gasteiger partial charge in [-0.2, -0.15) is 13.2 Å². The maximum absolute atomic E-state index is 15.2. The number of alkyl halides is 3. The molecule has 0 fully saturated rings. The van der Waals surface area contributed by atoms with Gasteiger partial charge in [0.05, 0.1) is 21.5 Å². The van der Waals surface area contributed by atoms with Crippen molar-refractivity contribution in [1.29, 1.82) is 0 Å². The highest BCUT2D eigenvalue weighted by molar-refractivity contribution is 8.16. The van der Waals surface area contributed by atoms with Crippen LogP contribution >= 0.6 is 23.5 Å². The minimum atomic E-state index is -4.62. The van der Waals surface area contributed by atoms with Gasteiger partial charge in [0.15, 0.2) is 0 Å². The third-order valence-electron chi connectivity index (χ3n) is 5.82. The minimum Gasteiger partial charge on any atom is -0.253 e. The van der Waals surface area contributed by atoms with Gasteiger partial charge in [0.2, 0.25) is 0 Å². The molecule has 0 saturated carbocycles. The van der Waals surface area contributed by atoms with Crippen LogP contribution in [0, 0.1) is 12.7 Å². The number of hydrogen-bond acceptors (Lipinski definition) is 3. The summed E-state index contributed by atoms with van der Waals surface area (Å²) in [4.78, 5) is 4.74. The Morgan fingerprint density at radius 3 is 1.82 bits per heavy atom. The molecule has 0 spiro atoms. The van der Waals surface area contributed by atoms with Crippen molar-refractivity contribution in [1.82, 2.24) is 0 Å². The van der Waals surface area contributed by atoms with Crippen LogP contribution in [-0.4, -0.2) is 10.3 Å². The van der Waals surface area contributed by atoms with Crippen LogP contribution in [0.25, 0.3) is 0 Å². The summed E-state index contributed by atoms with van der Waals surface area (Å²) < 4.78 is 54.8. The number of halogens is 4. The molecule has 0 bridgehead atoms. The summed E-state index contributed by atoms with van der Waals surface area (Å²) in [5.74, 6) is 0.576. The number of aryl methyl sites for hydroxylation is 1. The monoisotopic (exact) mass is 553 g/mol. The number of hydrogen-bond donors (Lipinski definition) is 0. The number of benzene rings is 4. The Kier molecular flexibility index (Phi) is 9.69. The van der Waals surface area contributed by atoms with Crippen molar-refractivity contribution in [3.63, 3.8) is 0 Å². The van der Waals surface area contributed by atoms with E-state index in [9.17, 15) is 13.2 Å². The average Bonchev–Trinajstić information content (AvgIpc) is 2.91. The average molecular weight is 554 g/mol. The molecule has 0 heterocycles. The van der Waals surface area contributed by atoms with Crippen LogP contribution in [0.1, 0.15) is 34.2 Å². The lowest BCUT2D eigenvalue weighted by Crippen LogP contribution is -2.13. The largest absolute Gasteiger partial charge is 0.416 e. The number of thioether (sulfide) groups is 2. The highest BCUT2D eigenvalue weighted by Gasteiger charge is 2.31. The summed E-state index contributed by atoms with van der Waals surface area (Å²) in [7, 11) is 0. The van der Waals surface area contributed by atoms with Gasteiger partial charge < -0.3 is 0 Å². The van der Waals surface area contributed by atoms with Crippen molar-refractivity contribution in [2.24, 2.45) is 4.99 Å². The SMILES string of the molecule is Cc1ccc(N=C(CC(SCc2ccccc2)SCc2ccccc2)c2ccc(C(F)(F)F)cc2F)cc1. The van der Waals surface area contributed by atoms with Crippen molar-refractivity contribution in [2.75, 3.05) is 0 Å². The molecule has 4 rings (SSSR count). The van der Waals surface area contributed by atoms with Crippen molar-refractivity contribution in [3.8, 4) is 0 Å². The molecule has 0 N–H and O–H groups in total. The van der Waals surface area contributed by atoms with Crippen LogP contribution in [0.4, 0.5) is 23.2 Å². The van der Waals surface area contributed by atoms with Crippen LogP contribution in [0.3, 0.4) is 0 Å². The van der Waals surface area contributed by atoms with E-state index in [0.29, 0.717) is 23.9 Å². The van der Waals surface area contributed by atoms with Gasteiger partial charge in [0, 0.05) is 23.5 Å². The van der Waals surface area contributed by atoms with E-state index >= 15 is 4.39 Å². The Balaban J connectivity index is 1.66. The molecule has 38 heavy (non-hydrogen) atoms. The van der Waals surface area contributed by atoms with E-state index in [0.717, 1.165) is 23.1 Å². The van der Waals surface area contributed by atoms with Gasteiger partial charge in [0.25, 0.3) is 0 Å². The Morgan fingerprint density at radius 1 is 0.763 bits per heavy atom. The lowest BCUT2D eigenvalue weighted by Gasteiger charge is -2.19. The molecule has 196 valence electrons. The minimum absolute atomic E-state index is 0.0127. The first-order valence-electron chi connectivity index (χ1n) is 12.1. The van der Waals surface area contributed by atoms with Crippen molar-refractivity contribution >= 4 is 34.9 Å². The van der Waals surface area contributed by atoms with Gasteiger partial charge in [-0.25, -0.2) is 4.39 Å². The molecule has 0 aliphatic rings. The zero-order valence-corrected chi connectivity index (χ0v) is 22.4. The lowest BCUT2D eigenvalue weighted by atomic mass is 10.0. The molecule has 7 heteroatoms. The van der Waals surface area contributed by atoms with Crippen LogP contribution in [0.5, 0.6) is 0 Å². The van der Waals surface area contributed by atoms with Crippen LogP contribution in [-0.2, 0) is 17.7 Å². The molecule has 0 amide bonds. The van der Waals surface area contributed by atoms with E-state index < -0.39 is 17.6 Å². The first kappa shape index (κ1) is 28.0. The molecular weight excluding hydrogens is 526 g/mol. The fraction of sp³-hybridized carbons (Fsp3) is 0.194. The van der Waals surface area contributed by atoms with Gasteiger partial charge >= 0.3 is 6.18 Å². The number of nitrogens with zero attached hydrogens (tertiary/aromatic N) is 1. The topological polar surface area (TPSA) is 12.4 Å². The van der Waals surface area contributed by atoms with Gasteiger partial charge in [0.1, 0.15) is 5.82 Å². The first-order valence-corrected chi connectivity index (χ1v) is 14.2. The summed E-state index contributed by atoms with van der Waals surface area (Å²) in [5.41, 5.74) is 3.52. The summed E-state index contributed by atoms with van der Waals surface area (Å²) >= 11 is 3.45. The number of aliphatic imine (C=N–C) groups is 1. The molecule has 0 saturated heterocycles. The first-order chi connectivity index (χ1) is 18.3. The van der Waals surface area contributed by atoms with Crippen LogP contribution in [0.15, 0.2) is 108 Å². The van der Waals surface area contributed by atoms with E-state index in [1.807, 2.05) is 67.6 Å². The summed E-state index contributed by atoms with van der Waals surface area (Å²) in [6.07, 6.45) is -4.24. The smallest absolute Gasteiger partial charge is 0.253 e. The predicted molar refractivity (Wildman–Crippen MR) is 153 cm³/mol. The normalized spacial score (nSPS) is 12.2. The second-order valence-corrected chi connectivity index (χ2v) is 11.5. The molecule has 4 aromatic carbocycles. The third kappa shape index (κ3) is 8.23. The Bertz CT molecular complexity index is 1290. The summed E-state index contributed by atoms with van der Waals surface area (Å²) in [5, 5.41) is 0. The molecule has 0 aliphatic heterocycles.